The molecule has 0 saturated carbocycles. The lowest BCUT2D eigenvalue weighted by Gasteiger charge is -2.04. The molecule has 5 heteroatoms. The fourth-order valence-electron chi connectivity index (χ4n) is 0.317. The smallest absolute Gasteiger partial charge is 0.173 e. The second-order valence-corrected chi connectivity index (χ2v) is 5.64. The number of nitrogens with two attached hydrogens (primary N) is 1. The topological polar surface area (TPSA) is 58.6 Å². The van der Waals surface area contributed by atoms with Crippen molar-refractivity contribution >= 4 is 24.1 Å². The molecule has 0 aliphatic rings. The van der Waals surface area contributed by atoms with E-state index in [0.717, 1.165) is 0 Å². The highest BCUT2D eigenvalue weighted by Crippen LogP contribution is 2.41. The van der Waals surface area contributed by atoms with Crippen LogP contribution >= 0.6 is 6.42 Å². The summed E-state index contributed by atoms with van der Waals surface area (Å²) in [7, 11) is 0. The minimum absolute atomic E-state index is 0.364. The normalized spacial score (nSPS) is 19.2. The third kappa shape index (κ3) is 4.58. The molecule has 0 aliphatic carbocycles. The van der Waals surface area contributed by atoms with Gasteiger partial charge in [0.2, 0.25) is 0 Å². The molecule has 0 bridgehead atoms. The molecule has 0 spiro atoms. The van der Waals surface area contributed by atoms with Crippen molar-refractivity contribution in [3.8, 4) is 0 Å². The van der Waals surface area contributed by atoms with E-state index in [0.29, 0.717) is 12.0 Å². The van der Waals surface area contributed by atoms with Crippen LogP contribution in [0, 0.1) is 0 Å². The second kappa shape index (κ2) is 3.30. The number of amidine groups is 1. The average molecular weight is 166 g/mol. The first-order valence-corrected chi connectivity index (χ1v) is 5.51. The van der Waals surface area contributed by atoms with Crippen LogP contribution in [0.2, 0.25) is 0 Å². The van der Waals surface area contributed by atoms with Gasteiger partial charge in [0.25, 0.3) is 0 Å². The number of hydrogen-bond acceptors (Lipinski definition) is 1. The average Bonchev–Trinajstić information content (AvgIpc) is 1.63. The third-order valence-corrected chi connectivity index (χ3v) is 3.20. The molecule has 0 aromatic heterocycles. The van der Waals surface area contributed by atoms with Gasteiger partial charge in [-0.15, -0.1) is 0 Å². The Balaban J connectivity index is 4.20. The number of nitrogens with zero attached hydrogens (tertiary/aromatic N) is 1. The van der Waals surface area contributed by atoms with Gasteiger partial charge in [-0.3, -0.25) is 0 Å². The quantitative estimate of drug-likeness (QED) is 0.360. The highest BCUT2D eigenvalue weighted by atomic mass is 32.4. The zero-order chi connectivity index (χ0) is 7.49. The summed E-state index contributed by atoms with van der Waals surface area (Å²) in [5, 5.41) is 0. The van der Waals surface area contributed by atoms with Crippen LogP contribution in [0.25, 0.3) is 0 Å². The fourth-order valence-corrected chi connectivity index (χ4v) is 1.34. The Labute approximate surface area is 60.1 Å². The first kappa shape index (κ1) is 9.08. The summed E-state index contributed by atoms with van der Waals surface area (Å²) in [6.07, 6.45) is -1.92. The van der Waals surface area contributed by atoms with Gasteiger partial charge in [-0.05, 0) is 18.7 Å². The molecule has 3 N–H and O–H groups in total. The van der Waals surface area contributed by atoms with Gasteiger partial charge in [0.05, 0.1) is 5.84 Å². The summed E-state index contributed by atoms with van der Waals surface area (Å²) in [4.78, 5) is 9.15. The predicted molar refractivity (Wildman–Crippen MR) is 44.3 cm³/mol. The summed E-state index contributed by atoms with van der Waals surface area (Å²) in [6, 6.07) is 0. The van der Waals surface area contributed by atoms with E-state index in [4.69, 9.17) is 22.4 Å². The van der Waals surface area contributed by atoms with Crippen LogP contribution in [0.1, 0.15) is 13.8 Å². The van der Waals surface area contributed by atoms with Crippen molar-refractivity contribution in [1.29, 1.82) is 0 Å². The monoisotopic (exact) mass is 166 g/mol. The number of hydrogen-bond donors (Lipinski definition) is 2. The molecule has 0 aromatic carbocycles. The molecule has 0 rings (SSSR count). The van der Waals surface area contributed by atoms with Crippen molar-refractivity contribution in [3.63, 3.8) is 0 Å². The standard InChI is InChI=1S/C4H11N2OPS/c1-3-8(7,9)6-4(2)5/h3H2,1-2H3,(H3,5,6,7,9). The third-order valence-electron chi connectivity index (χ3n) is 0.726. The molecule has 3 nitrogen and oxygen atoms in total. The highest BCUT2D eigenvalue weighted by molar-refractivity contribution is 8.11. The highest BCUT2D eigenvalue weighted by Gasteiger charge is 2.04. The number of rotatable bonds is 2. The molecule has 54 valence electrons. The molecule has 0 aromatic rings. The van der Waals surface area contributed by atoms with Crippen LogP contribution in [-0.2, 0) is 11.8 Å². The molecule has 0 fully saturated rings. The SMILES string of the molecule is CCP(O)(=S)N=C(C)N. The van der Waals surface area contributed by atoms with Crippen LogP contribution in [-0.4, -0.2) is 16.9 Å². The van der Waals surface area contributed by atoms with Crippen molar-refractivity contribution in [2.45, 2.75) is 13.8 Å². The van der Waals surface area contributed by atoms with Crippen molar-refractivity contribution < 1.29 is 4.89 Å². The van der Waals surface area contributed by atoms with Gasteiger partial charge < -0.3 is 10.6 Å². The van der Waals surface area contributed by atoms with E-state index in [1.807, 2.05) is 0 Å². The maximum absolute atomic E-state index is 9.15. The molecule has 0 amide bonds. The Morgan fingerprint density at radius 1 is 1.89 bits per heavy atom. The van der Waals surface area contributed by atoms with Crippen LogP contribution < -0.4 is 5.73 Å². The summed E-state index contributed by atoms with van der Waals surface area (Å²) >= 11 is 4.72. The molecular formula is C4H11N2OPS. The minimum Gasteiger partial charge on any atom is -0.387 e. The van der Waals surface area contributed by atoms with Crippen molar-refractivity contribution in [1.82, 2.24) is 0 Å². The van der Waals surface area contributed by atoms with Gasteiger partial charge in [-0.1, -0.05) is 6.92 Å². The van der Waals surface area contributed by atoms with Gasteiger partial charge >= 0.3 is 0 Å². The summed E-state index contributed by atoms with van der Waals surface area (Å²) < 4.78 is 3.70. The summed E-state index contributed by atoms with van der Waals surface area (Å²) in [6.45, 7) is 3.42. The zero-order valence-corrected chi connectivity index (χ0v) is 7.25. The van der Waals surface area contributed by atoms with E-state index in [1.165, 1.54) is 0 Å². The molecule has 1 unspecified atom stereocenters. The predicted octanol–water partition coefficient (Wildman–Crippen LogP) is 0.685. The van der Waals surface area contributed by atoms with E-state index in [1.54, 1.807) is 13.8 Å². The van der Waals surface area contributed by atoms with Crippen molar-refractivity contribution in [3.05, 3.63) is 0 Å². The Kier molecular flexibility index (Phi) is 3.33. The largest absolute Gasteiger partial charge is 0.387 e. The van der Waals surface area contributed by atoms with Gasteiger partial charge in [-0.25, -0.2) is 4.76 Å². The van der Waals surface area contributed by atoms with Gasteiger partial charge in [0.1, 0.15) is 0 Å². The minimum atomic E-state index is -2.43. The Hall–Kier alpha value is 0.0800. The first-order chi connectivity index (χ1) is 3.98. The van der Waals surface area contributed by atoms with Crippen molar-refractivity contribution in [2.75, 3.05) is 6.16 Å². The molecule has 9 heavy (non-hydrogen) atoms. The van der Waals surface area contributed by atoms with Crippen LogP contribution in [0.5, 0.6) is 0 Å². The van der Waals surface area contributed by atoms with E-state index in [9.17, 15) is 0 Å². The van der Waals surface area contributed by atoms with Crippen molar-refractivity contribution in [2.24, 2.45) is 10.5 Å². The lowest BCUT2D eigenvalue weighted by atomic mass is 10.8. The van der Waals surface area contributed by atoms with Crippen LogP contribution in [0.4, 0.5) is 0 Å². The van der Waals surface area contributed by atoms with E-state index in [2.05, 4.69) is 4.76 Å². The van der Waals surface area contributed by atoms with Gasteiger partial charge in [0.15, 0.2) is 6.42 Å². The lowest BCUT2D eigenvalue weighted by molar-refractivity contribution is 0.624. The molecule has 1 atom stereocenters. The molecule has 0 heterocycles. The van der Waals surface area contributed by atoms with Gasteiger partial charge in [0, 0.05) is 6.16 Å². The van der Waals surface area contributed by atoms with Gasteiger partial charge in [-0.2, -0.15) is 0 Å². The van der Waals surface area contributed by atoms with E-state index >= 15 is 0 Å². The first-order valence-electron chi connectivity index (χ1n) is 2.62. The van der Waals surface area contributed by atoms with Crippen LogP contribution in [0.15, 0.2) is 4.76 Å². The lowest BCUT2D eigenvalue weighted by Crippen LogP contribution is -2.04. The maximum Gasteiger partial charge on any atom is 0.173 e. The maximum atomic E-state index is 9.15. The van der Waals surface area contributed by atoms with E-state index < -0.39 is 6.42 Å². The van der Waals surface area contributed by atoms with E-state index in [-0.39, 0.29) is 0 Å². The second-order valence-electron chi connectivity index (χ2n) is 1.72. The molecule has 0 saturated heterocycles. The summed E-state index contributed by atoms with van der Waals surface area (Å²) in [5.41, 5.74) is 5.21. The van der Waals surface area contributed by atoms with Crippen LogP contribution in [0.3, 0.4) is 0 Å². The summed E-state index contributed by atoms with van der Waals surface area (Å²) in [5.74, 6) is 0.364. The zero-order valence-electron chi connectivity index (χ0n) is 5.53. The Morgan fingerprint density at radius 3 is 2.44 bits per heavy atom. The fraction of sp³-hybridized carbons (Fsp3) is 0.750. The Bertz CT molecular complexity index is 164. The molecule has 0 radical (unpaired) electrons. The molecular weight excluding hydrogens is 155 g/mol. The Morgan fingerprint density at radius 2 is 2.33 bits per heavy atom. The molecule has 0 aliphatic heterocycles.